The summed E-state index contributed by atoms with van der Waals surface area (Å²) in [6, 6.07) is 14.1. The van der Waals surface area contributed by atoms with Gasteiger partial charge in [0, 0.05) is 10.7 Å². The Morgan fingerprint density at radius 2 is 1.58 bits per heavy atom. The number of rotatable bonds is 4. The van der Waals surface area contributed by atoms with Crippen LogP contribution in [0.15, 0.2) is 53.4 Å². The largest absolute Gasteiger partial charge is 0.367 e. The maximum Gasteiger partial charge on any atom is 0.198 e. The Morgan fingerprint density at radius 3 is 2.15 bits per heavy atom. The Balaban J connectivity index is 1.82. The van der Waals surface area contributed by atoms with Crippen molar-refractivity contribution in [3.8, 4) is 0 Å². The Kier molecular flexibility index (Phi) is 5.28. The summed E-state index contributed by atoms with van der Waals surface area (Å²) in [6.45, 7) is 6.28. The lowest BCUT2D eigenvalue weighted by Crippen LogP contribution is -2.45. The molecular weight excluding hydrogens is 372 g/mol. The van der Waals surface area contributed by atoms with Gasteiger partial charge in [0.15, 0.2) is 15.2 Å². The van der Waals surface area contributed by atoms with E-state index in [1.165, 1.54) is 0 Å². The van der Waals surface area contributed by atoms with Gasteiger partial charge in [0.25, 0.3) is 0 Å². The average Bonchev–Trinajstić information content (AvgIpc) is 3.05. The summed E-state index contributed by atoms with van der Waals surface area (Å²) in [6.07, 6.45) is -0.552. The second kappa shape index (κ2) is 7.17. The Morgan fingerprint density at radius 1 is 0.962 bits per heavy atom. The second-order valence-electron chi connectivity index (χ2n) is 7.28. The van der Waals surface area contributed by atoms with Gasteiger partial charge in [0.1, 0.15) is 6.17 Å². The van der Waals surface area contributed by atoms with E-state index in [1.807, 2.05) is 12.1 Å². The van der Waals surface area contributed by atoms with Crippen molar-refractivity contribution >= 4 is 27.1 Å². The third-order valence-electron chi connectivity index (χ3n) is 4.29. The molecule has 3 rings (SSSR count). The van der Waals surface area contributed by atoms with Gasteiger partial charge >= 0.3 is 0 Å². The molecule has 0 bridgehead atoms. The molecule has 4 N–H and O–H groups in total. The highest BCUT2D eigenvalue weighted by molar-refractivity contribution is 7.92. The van der Waals surface area contributed by atoms with E-state index in [0.29, 0.717) is 5.02 Å². The van der Waals surface area contributed by atoms with Crippen LogP contribution in [0.2, 0.25) is 5.02 Å². The van der Waals surface area contributed by atoms with Gasteiger partial charge in [-0.05, 0) is 47.4 Å². The van der Waals surface area contributed by atoms with Crippen molar-refractivity contribution in [2.45, 2.75) is 42.6 Å². The highest BCUT2D eigenvalue weighted by atomic mass is 35.5. The molecule has 0 aromatic heterocycles. The molecule has 2 aromatic carbocycles. The number of benzene rings is 2. The molecule has 2 aromatic rings. The molecule has 0 aliphatic carbocycles. The summed E-state index contributed by atoms with van der Waals surface area (Å²) in [4.78, 5) is 0.274. The normalized spacial score (nSPS) is 20.9. The van der Waals surface area contributed by atoms with Crippen LogP contribution in [0.1, 0.15) is 26.3 Å². The lowest BCUT2D eigenvalue weighted by molar-refractivity contribution is 0.553. The molecule has 0 spiro atoms. The van der Waals surface area contributed by atoms with Gasteiger partial charge in [0.05, 0.1) is 4.90 Å². The topological polar surface area (TPSA) is 82.3 Å². The van der Waals surface area contributed by atoms with Crippen LogP contribution >= 0.6 is 11.6 Å². The molecular formula is C18H23ClN4O2S. The predicted octanol–water partition coefficient (Wildman–Crippen LogP) is 2.79. The molecule has 1 heterocycles. The molecule has 1 saturated heterocycles. The lowest BCUT2D eigenvalue weighted by Gasteiger charge is -2.22. The molecule has 0 amide bonds. The average molecular weight is 395 g/mol. The molecule has 1 fully saturated rings. The quantitative estimate of drug-likeness (QED) is 0.638. The molecule has 2 atom stereocenters. The second-order valence-corrected chi connectivity index (χ2v) is 9.79. The van der Waals surface area contributed by atoms with E-state index in [1.54, 1.807) is 36.4 Å². The Bertz CT molecular complexity index is 862. The summed E-state index contributed by atoms with van der Waals surface area (Å²) in [5, 5.41) is 2.90. The fourth-order valence-corrected chi connectivity index (χ4v) is 4.38. The van der Waals surface area contributed by atoms with E-state index in [4.69, 9.17) is 11.6 Å². The zero-order valence-corrected chi connectivity index (χ0v) is 16.4. The maximum absolute atomic E-state index is 13.0. The zero-order valence-electron chi connectivity index (χ0n) is 14.9. The Hall–Kier alpha value is -1.64. The lowest BCUT2D eigenvalue weighted by atomic mass is 9.87. The number of anilines is 1. The summed E-state index contributed by atoms with van der Waals surface area (Å²) in [5.41, 5.74) is 10.2. The summed E-state index contributed by atoms with van der Waals surface area (Å²) >= 11 is 5.89. The van der Waals surface area contributed by atoms with Crippen molar-refractivity contribution < 1.29 is 8.42 Å². The number of halogens is 1. The minimum Gasteiger partial charge on any atom is -0.367 e. The number of hydrogen-bond donors (Lipinski definition) is 4. The van der Waals surface area contributed by atoms with Crippen LogP contribution in [-0.4, -0.2) is 20.0 Å². The van der Waals surface area contributed by atoms with Crippen LogP contribution in [0.4, 0.5) is 5.69 Å². The van der Waals surface area contributed by atoms with Crippen LogP contribution < -0.4 is 21.7 Å². The summed E-state index contributed by atoms with van der Waals surface area (Å²) in [7, 11) is -3.60. The Labute approximate surface area is 159 Å². The SMILES string of the molecule is CC(C)(C)c1ccc(S(=O)(=O)C2NNNC2Nc2ccc(Cl)cc2)cc1. The first kappa shape index (κ1) is 19.1. The minimum absolute atomic E-state index is 0.0321. The van der Waals surface area contributed by atoms with Crippen LogP contribution in [0, 0.1) is 0 Å². The first-order valence-corrected chi connectivity index (χ1v) is 10.2. The van der Waals surface area contributed by atoms with Crippen LogP contribution in [0.3, 0.4) is 0 Å². The van der Waals surface area contributed by atoms with Crippen molar-refractivity contribution in [2.75, 3.05) is 5.32 Å². The third-order valence-corrected chi connectivity index (χ3v) is 6.53. The van der Waals surface area contributed by atoms with Gasteiger partial charge in [-0.2, -0.15) is 5.53 Å². The highest BCUT2D eigenvalue weighted by Gasteiger charge is 2.38. The number of hydrogen-bond acceptors (Lipinski definition) is 6. The molecule has 6 nitrogen and oxygen atoms in total. The maximum atomic E-state index is 13.0. The van der Waals surface area contributed by atoms with Crippen molar-refractivity contribution in [3.05, 3.63) is 59.1 Å². The van der Waals surface area contributed by atoms with Gasteiger partial charge < -0.3 is 5.32 Å². The van der Waals surface area contributed by atoms with E-state index < -0.39 is 21.4 Å². The summed E-state index contributed by atoms with van der Waals surface area (Å²) < 4.78 is 26.1. The minimum atomic E-state index is -3.60. The van der Waals surface area contributed by atoms with Gasteiger partial charge in [-0.1, -0.05) is 44.5 Å². The van der Waals surface area contributed by atoms with Crippen molar-refractivity contribution in [1.29, 1.82) is 0 Å². The van der Waals surface area contributed by atoms with Crippen molar-refractivity contribution in [1.82, 2.24) is 16.4 Å². The molecule has 0 saturated carbocycles. The molecule has 140 valence electrons. The van der Waals surface area contributed by atoms with E-state index in [9.17, 15) is 8.42 Å². The standard InChI is InChI=1S/C18H23ClN4O2S/c1-18(2,3)12-4-10-15(11-5-12)26(24,25)17-16(21-23-22-17)20-14-8-6-13(19)7-9-14/h4-11,16-17,20-23H,1-3H3. The predicted molar refractivity (Wildman–Crippen MR) is 104 cm³/mol. The van der Waals surface area contributed by atoms with Crippen LogP contribution in [-0.2, 0) is 15.3 Å². The molecule has 1 aliphatic heterocycles. The van der Waals surface area contributed by atoms with Crippen molar-refractivity contribution in [3.63, 3.8) is 0 Å². The first-order chi connectivity index (χ1) is 12.2. The molecule has 1 aliphatic rings. The van der Waals surface area contributed by atoms with Crippen LogP contribution in [0.5, 0.6) is 0 Å². The van der Waals surface area contributed by atoms with Gasteiger partial charge in [-0.15, -0.1) is 0 Å². The number of sulfone groups is 1. The monoisotopic (exact) mass is 394 g/mol. The van der Waals surface area contributed by atoms with Gasteiger partial charge in [-0.25, -0.2) is 19.3 Å². The van der Waals surface area contributed by atoms with Crippen molar-refractivity contribution in [2.24, 2.45) is 0 Å². The number of hydrazine groups is 2. The van der Waals surface area contributed by atoms with Gasteiger partial charge in [-0.3, -0.25) is 0 Å². The third kappa shape index (κ3) is 4.02. The fourth-order valence-electron chi connectivity index (χ4n) is 2.73. The zero-order chi connectivity index (χ0) is 18.9. The number of nitrogens with one attached hydrogen (secondary N) is 4. The fraction of sp³-hybridized carbons (Fsp3) is 0.333. The molecule has 2 unspecified atom stereocenters. The van der Waals surface area contributed by atoms with Gasteiger partial charge in [0.2, 0.25) is 0 Å². The smallest absolute Gasteiger partial charge is 0.198 e. The first-order valence-electron chi connectivity index (χ1n) is 8.30. The van der Waals surface area contributed by atoms with E-state index in [-0.39, 0.29) is 10.3 Å². The van der Waals surface area contributed by atoms with E-state index >= 15 is 0 Å². The molecule has 0 radical (unpaired) electrons. The van der Waals surface area contributed by atoms with E-state index in [0.717, 1.165) is 11.3 Å². The summed E-state index contributed by atoms with van der Waals surface area (Å²) in [5.74, 6) is 0. The molecule has 26 heavy (non-hydrogen) atoms. The van der Waals surface area contributed by atoms with Crippen LogP contribution in [0.25, 0.3) is 0 Å². The highest BCUT2D eigenvalue weighted by Crippen LogP contribution is 2.26. The van der Waals surface area contributed by atoms with E-state index in [2.05, 4.69) is 42.5 Å². The molecule has 8 heteroatoms.